The summed E-state index contributed by atoms with van der Waals surface area (Å²) in [7, 11) is -0.808. The van der Waals surface area contributed by atoms with E-state index in [2.05, 4.69) is 17.6 Å². The predicted molar refractivity (Wildman–Crippen MR) is 111 cm³/mol. The molecule has 1 amide bonds. The zero-order chi connectivity index (χ0) is 17.6. The van der Waals surface area contributed by atoms with Gasteiger partial charge in [0.2, 0.25) is 5.91 Å². The van der Waals surface area contributed by atoms with E-state index in [0.29, 0.717) is 17.0 Å². The molecule has 3 rings (SSSR count). The van der Waals surface area contributed by atoms with Gasteiger partial charge < -0.3 is 10.6 Å². The normalized spacial score (nSPS) is 25.1. The second kappa shape index (κ2) is 10.4. The van der Waals surface area contributed by atoms with Crippen LogP contribution in [0.1, 0.15) is 57.4 Å². The van der Waals surface area contributed by atoms with Crippen LogP contribution in [0.4, 0.5) is 5.69 Å². The lowest BCUT2D eigenvalue weighted by atomic mass is 9.92. The van der Waals surface area contributed by atoms with E-state index >= 15 is 0 Å². The van der Waals surface area contributed by atoms with Crippen LogP contribution in [0, 0.1) is 5.92 Å². The molecule has 2 fully saturated rings. The monoisotopic (exact) mass is 398 g/mol. The SMILES string of the molecule is C[C@H]1C[C@@H](C(=O)Nc2cccc(CS(=O)C3CCCCC3)c2)CCN1.Cl. The molecule has 1 aromatic carbocycles. The first-order chi connectivity index (χ1) is 12.1. The van der Waals surface area contributed by atoms with Crippen LogP contribution in [0.5, 0.6) is 0 Å². The molecule has 1 heterocycles. The highest BCUT2D eigenvalue weighted by Gasteiger charge is 2.25. The number of hydrogen-bond acceptors (Lipinski definition) is 3. The molecule has 2 N–H and O–H groups in total. The average molecular weight is 399 g/mol. The number of hydrogen-bond donors (Lipinski definition) is 2. The summed E-state index contributed by atoms with van der Waals surface area (Å²) in [6, 6.07) is 8.28. The highest BCUT2D eigenvalue weighted by atomic mass is 35.5. The van der Waals surface area contributed by atoms with Crippen molar-refractivity contribution >= 4 is 34.8 Å². The van der Waals surface area contributed by atoms with Crippen molar-refractivity contribution in [2.45, 2.75) is 68.9 Å². The van der Waals surface area contributed by atoms with Crippen molar-refractivity contribution in [3.05, 3.63) is 29.8 Å². The van der Waals surface area contributed by atoms with Crippen LogP contribution in [0.15, 0.2) is 24.3 Å². The summed E-state index contributed by atoms with van der Waals surface area (Å²) < 4.78 is 12.6. The zero-order valence-corrected chi connectivity index (χ0v) is 17.2. The maximum Gasteiger partial charge on any atom is 0.227 e. The van der Waals surface area contributed by atoms with Crippen LogP contribution >= 0.6 is 12.4 Å². The van der Waals surface area contributed by atoms with Gasteiger partial charge in [-0.2, -0.15) is 0 Å². The molecule has 2 aliphatic rings. The van der Waals surface area contributed by atoms with Crippen LogP contribution in [-0.4, -0.2) is 28.0 Å². The van der Waals surface area contributed by atoms with Gasteiger partial charge in [0.25, 0.3) is 0 Å². The zero-order valence-electron chi connectivity index (χ0n) is 15.5. The van der Waals surface area contributed by atoms with Gasteiger partial charge in [-0.1, -0.05) is 31.4 Å². The first kappa shape index (κ1) is 21.4. The Balaban J connectivity index is 0.00000243. The summed E-state index contributed by atoms with van der Waals surface area (Å²) in [5.74, 6) is 0.786. The molecule has 3 atom stereocenters. The smallest absolute Gasteiger partial charge is 0.227 e. The Morgan fingerprint density at radius 3 is 2.73 bits per heavy atom. The van der Waals surface area contributed by atoms with Gasteiger partial charge in [0.1, 0.15) is 0 Å². The van der Waals surface area contributed by atoms with E-state index in [1.807, 2.05) is 24.3 Å². The first-order valence-electron chi connectivity index (χ1n) is 9.62. The minimum Gasteiger partial charge on any atom is -0.326 e. The van der Waals surface area contributed by atoms with E-state index in [1.54, 1.807) is 0 Å². The maximum atomic E-state index is 12.6. The summed E-state index contributed by atoms with van der Waals surface area (Å²) in [5.41, 5.74) is 1.88. The van der Waals surface area contributed by atoms with Gasteiger partial charge in [0.05, 0.1) is 0 Å². The Bertz CT molecular complexity index is 620. The summed E-state index contributed by atoms with van der Waals surface area (Å²) in [6.07, 6.45) is 7.67. The summed E-state index contributed by atoms with van der Waals surface area (Å²) >= 11 is 0. The second-order valence-corrected chi connectivity index (χ2v) is 9.27. The average Bonchev–Trinajstić information content (AvgIpc) is 2.63. The fourth-order valence-corrected chi connectivity index (χ4v) is 5.57. The third-order valence-electron chi connectivity index (χ3n) is 5.42. The molecule has 0 spiro atoms. The third-order valence-corrected chi connectivity index (χ3v) is 7.25. The molecule has 1 aromatic rings. The van der Waals surface area contributed by atoms with E-state index in [0.717, 1.165) is 43.5 Å². The van der Waals surface area contributed by atoms with Crippen molar-refractivity contribution in [2.24, 2.45) is 5.92 Å². The fraction of sp³-hybridized carbons (Fsp3) is 0.650. The van der Waals surface area contributed by atoms with Crippen molar-refractivity contribution in [3.8, 4) is 0 Å². The number of halogens is 1. The van der Waals surface area contributed by atoms with Gasteiger partial charge in [-0.05, 0) is 56.8 Å². The molecule has 1 saturated heterocycles. The van der Waals surface area contributed by atoms with Crippen molar-refractivity contribution < 1.29 is 9.00 Å². The predicted octanol–water partition coefficient (Wildman–Crippen LogP) is 4.02. The first-order valence-corrected chi connectivity index (χ1v) is 11.0. The number of benzene rings is 1. The van der Waals surface area contributed by atoms with E-state index in [9.17, 15) is 9.00 Å². The lowest BCUT2D eigenvalue weighted by Gasteiger charge is -2.27. The lowest BCUT2D eigenvalue weighted by molar-refractivity contribution is -0.120. The molecule has 1 aliphatic heterocycles. The highest BCUT2D eigenvalue weighted by Crippen LogP contribution is 2.25. The highest BCUT2D eigenvalue weighted by molar-refractivity contribution is 7.84. The molecule has 6 heteroatoms. The molecular formula is C20H31ClN2O2S. The Kier molecular flexibility index (Phi) is 8.58. The number of anilines is 1. The maximum absolute atomic E-state index is 12.6. The topological polar surface area (TPSA) is 58.2 Å². The molecule has 0 bridgehead atoms. The van der Waals surface area contributed by atoms with Crippen LogP contribution in [0.3, 0.4) is 0 Å². The molecule has 1 saturated carbocycles. The number of nitrogens with one attached hydrogen (secondary N) is 2. The van der Waals surface area contributed by atoms with Crippen molar-refractivity contribution in [1.82, 2.24) is 5.32 Å². The number of carbonyl (C=O) groups excluding carboxylic acids is 1. The van der Waals surface area contributed by atoms with Crippen molar-refractivity contribution in [1.29, 1.82) is 0 Å². The molecule has 0 radical (unpaired) electrons. The Hall–Kier alpha value is -0.910. The van der Waals surface area contributed by atoms with Gasteiger partial charge in [-0.15, -0.1) is 12.4 Å². The molecule has 0 aromatic heterocycles. The number of rotatable bonds is 5. The minimum absolute atomic E-state index is 0. The van der Waals surface area contributed by atoms with Gasteiger partial charge in [-0.3, -0.25) is 9.00 Å². The van der Waals surface area contributed by atoms with E-state index < -0.39 is 10.8 Å². The molecule has 1 aliphatic carbocycles. The largest absolute Gasteiger partial charge is 0.326 e. The van der Waals surface area contributed by atoms with Crippen molar-refractivity contribution in [3.63, 3.8) is 0 Å². The summed E-state index contributed by atoms with van der Waals surface area (Å²) in [6.45, 7) is 3.03. The Labute approximate surface area is 165 Å². The molecule has 26 heavy (non-hydrogen) atoms. The van der Waals surface area contributed by atoms with E-state index in [4.69, 9.17) is 0 Å². The molecule has 146 valence electrons. The van der Waals surface area contributed by atoms with Crippen molar-refractivity contribution in [2.75, 3.05) is 11.9 Å². The number of amides is 1. The van der Waals surface area contributed by atoms with Gasteiger partial charge in [-0.25, -0.2) is 0 Å². The number of carbonyl (C=O) groups is 1. The van der Waals surface area contributed by atoms with Gasteiger partial charge in [0, 0.05) is 39.4 Å². The molecule has 4 nitrogen and oxygen atoms in total. The Morgan fingerprint density at radius 2 is 2.00 bits per heavy atom. The molecular weight excluding hydrogens is 368 g/mol. The van der Waals surface area contributed by atoms with Crippen LogP contribution in [0.2, 0.25) is 0 Å². The van der Waals surface area contributed by atoms with Gasteiger partial charge >= 0.3 is 0 Å². The quantitative estimate of drug-likeness (QED) is 0.787. The second-order valence-electron chi connectivity index (χ2n) is 7.55. The standard InChI is InChI=1S/C20H30N2O2S.ClH/c1-15-12-17(10-11-21-15)20(23)22-18-7-5-6-16(13-18)14-25(24)19-8-3-2-4-9-19;/h5-7,13,15,17,19,21H,2-4,8-12,14H2,1H3,(H,22,23);1H/t15-,17-,25?;/m0./s1. The fourth-order valence-electron chi connectivity index (χ4n) is 3.96. The summed E-state index contributed by atoms with van der Waals surface area (Å²) in [5, 5.41) is 6.79. The van der Waals surface area contributed by atoms with Crippen LogP contribution in [0.25, 0.3) is 0 Å². The van der Waals surface area contributed by atoms with Gasteiger partial charge in [0.15, 0.2) is 0 Å². The van der Waals surface area contributed by atoms with E-state index in [1.165, 1.54) is 19.3 Å². The third kappa shape index (κ3) is 6.07. The van der Waals surface area contributed by atoms with Crippen LogP contribution in [-0.2, 0) is 21.3 Å². The number of piperidine rings is 1. The Morgan fingerprint density at radius 1 is 1.23 bits per heavy atom. The van der Waals surface area contributed by atoms with E-state index in [-0.39, 0.29) is 24.2 Å². The van der Waals surface area contributed by atoms with Crippen LogP contribution < -0.4 is 10.6 Å². The minimum atomic E-state index is -0.808. The lowest BCUT2D eigenvalue weighted by Crippen LogP contribution is -2.40. The molecule has 1 unspecified atom stereocenters. The summed E-state index contributed by atoms with van der Waals surface area (Å²) in [4.78, 5) is 12.5.